The maximum Gasteiger partial charge on any atom is 0.144 e. The van der Waals surface area contributed by atoms with E-state index in [4.69, 9.17) is 4.74 Å². The van der Waals surface area contributed by atoms with Gasteiger partial charge >= 0.3 is 0 Å². The number of nitrogens with one attached hydrogen (secondary N) is 3. The van der Waals surface area contributed by atoms with E-state index in [1.54, 1.807) is 33.1 Å². The largest absolute Gasteiger partial charge is 0.496 e. The summed E-state index contributed by atoms with van der Waals surface area (Å²) in [6, 6.07) is 8.23. The number of rotatable bonds is 10. The Kier molecular flexibility index (Phi) is 7.64. The van der Waals surface area contributed by atoms with Gasteiger partial charge in [-0.3, -0.25) is 0 Å². The maximum absolute atomic E-state index is 14.1. The third-order valence-electron chi connectivity index (χ3n) is 4.77. The van der Waals surface area contributed by atoms with Gasteiger partial charge in [-0.15, -0.1) is 0 Å². The summed E-state index contributed by atoms with van der Waals surface area (Å²) in [7, 11) is 3.38. The lowest BCUT2D eigenvalue weighted by Crippen LogP contribution is -2.33. The van der Waals surface area contributed by atoms with Crippen molar-refractivity contribution in [3.8, 4) is 16.9 Å². The van der Waals surface area contributed by atoms with Crippen LogP contribution in [0.2, 0.25) is 0 Å². The summed E-state index contributed by atoms with van der Waals surface area (Å²) >= 11 is 0. The lowest BCUT2D eigenvalue weighted by molar-refractivity contribution is -0.110. The fourth-order valence-electron chi connectivity index (χ4n) is 3.22. The summed E-state index contributed by atoms with van der Waals surface area (Å²) in [6.45, 7) is 9.79. The van der Waals surface area contributed by atoms with Gasteiger partial charge in [0.2, 0.25) is 0 Å². The fraction of sp³-hybridized carbons (Fsp3) is 0.292. The molecule has 2 aromatic rings. The molecule has 3 N–H and O–H groups in total. The number of carbonyl (C=O) groups excluding carboxylic acids is 1. The Morgan fingerprint density at radius 3 is 2.53 bits per heavy atom. The van der Waals surface area contributed by atoms with Gasteiger partial charge in [-0.1, -0.05) is 18.7 Å². The molecule has 0 fully saturated rings. The SMILES string of the molecule is C=C/C(=C\C)NCc1c(-c2cc(F)ccc2OC)ccc(NC(C)(C)C=O)c1NC. The van der Waals surface area contributed by atoms with E-state index < -0.39 is 5.54 Å². The second-order valence-electron chi connectivity index (χ2n) is 7.38. The zero-order chi connectivity index (χ0) is 22.3. The number of halogens is 1. The molecule has 160 valence electrons. The topological polar surface area (TPSA) is 62.4 Å². The van der Waals surface area contributed by atoms with Crippen LogP contribution in [0.4, 0.5) is 15.8 Å². The smallest absolute Gasteiger partial charge is 0.144 e. The van der Waals surface area contributed by atoms with Crippen molar-refractivity contribution in [2.75, 3.05) is 24.8 Å². The van der Waals surface area contributed by atoms with E-state index in [0.29, 0.717) is 17.9 Å². The molecular weight excluding hydrogens is 381 g/mol. The summed E-state index contributed by atoms with van der Waals surface area (Å²) in [5, 5.41) is 9.85. The average Bonchev–Trinajstić information content (AvgIpc) is 2.74. The molecule has 0 bridgehead atoms. The first-order valence-electron chi connectivity index (χ1n) is 9.74. The molecule has 0 spiro atoms. The Labute approximate surface area is 178 Å². The minimum Gasteiger partial charge on any atom is -0.496 e. The fourth-order valence-corrected chi connectivity index (χ4v) is 3.22. The highest BCUT2D eigenvalue weighted by Crippen LogP contribution is 2.40. The average molecular weight is 412 g/mol. The van der Waals surface area contributed by atoms with Crippen LogP contribution in [0.1, 0.15) is 26.3 Å². The minimum atomic E-state index is -0.746. The molecule has 0 atom stereocenters. The number of hydrogen-bond donors (Lipinski definition) is 3. The van der Waals surface area contributed by atoms with Gasteiger partial charge in [0, 0.05) is 30.4 Å². The number of ether oxygens (including phenoxy) is 1. The van der Waals surface area contributed by atoms with Crippen LogP contribution < -0.4 is 20.7 Å². The predicted octanol–water partition coefficient (Wildman–Crippen LogP) is 5.11. The molecule has 2 rings (SSSR count). The van der Waals surface area contributed by atoms with Crippen molar-refractivity contribution >= 4 is 17.7 Å². The number of anilines is 2. The summed E-state index contributed by atoms with van der Waals surface area (Å²) in [4.78, 5) is 11.4. The van der Waals surface area contributed by atoms with Gasteiger partial charge in [-0.05, 0) is 56.7 Å². The van der Waals surface area contributed by atoms with E-state index in [9.17, 15) is 9.18 Å². The Morgan fingerprint density at radius 1 is 1.23 bits per heavy atom. The van der Waals surface area contributed by atoms with E-state index in [2.05, 4.69) is 22.5 Å². The molecule has 0 aliphatic carbocycles. The molecule has 0 unspecified atom stereocenters. The predicted molar refractivity (Wildman–Crippen MR) is 122 cm³/mol. The lowest BCUT2D eigenvalue weighted by atomic mass is 9.95. The molecule has 0 saturated carbocycles. The summed E-state index contributed by atoms with van der Waals surface area (Å²) in [6.07, 6.45) is 4.52. The molecule has 5 nitrogen and oxygen atoms in total. The molecule has 30 heavy (non-hydrogen) atoms. The number of benzene rings is 2. The highest BCUT2D eigenvalue weighted by Gasteiger charge is 2.22. The third kappa shape index (κ3) is 5.20. The number of methoxy groups -OCH3 is 1. The Morgan fingerprint density at radius 2 is 1.97 bits per heavy atom. The van der Waals surface area contributed by atoms with Crippen molar-refractivity contribution < 1.29 is 13.9 Å². The van der Waals surface area contributed by atoms with Crippen LogP contribution in [-0.2, 0) is 11.3 Å². The van der Waals surface area contributed by atoms with Crippen LogP contribution in [0.5, 0.6) is 5.75 Å². The molecule has 0 amide bonds. The number of carbonyl (C=O) groups is 1. The van der Waals surface area contributed by atoms with Gasteiger partial charge in [0.1, 0.15) is 17.9 Å². The van der Waals surface area contributed by atoms with Crippen LogP contribution in [-0.4, -0.2) is 26.0 Å². The zero-order valence-electron chi connectivity index (χ0n) is 18.2. The van der Waals surface area contributed by atoms with Crippen molar-refractivity contribution in [2.45, 2.75) is 32.9 Å². The van der Waals surface area contributed by atoms with Crippen LogP contribution in [0.3, 0.4) is 0 Å². The van der Waals surface area contributed by atoms with E-state index in [-0.39, 0.29) is 5.82 Å². The molecule has 6 heteroatoms. The number of allylic oxidation sites excluding steroid dienone is 2. The Bertz CT molecular complexity index is 952. The second kappa shape index (κ2) is 9.96. The van der Waals surface area contributed by atoms with Crippen LogP contribution >= 0.6 is 0 Å². The van der Waals surface area contributed by atoms with E-state index in [1.165, 1.54) is 12.1 Å². The summed E-state index contributed by atoms with van der Waals surface area (Å²) in [5.41, 5.74) is 4.07. The maximum atomic E-state index is 14.1. The number of hydrogen-bond acceptors (Lipinski definition) is 5. The van der Waals surface area contributed by atoms with Crippen molar-refractivity contribution in [1.82, 2.24) is 5.32 Å². The first kappa shape index (κ1) is 23.0. The molecule has 0 aliphatic rings. The van der Waals surface area contributed by atoms with Gasteiger partial charge in [0.05, 0.1) is 24.0 Å². The van der Waals surface area contributed by atoms with Gasteiger partial charge in [0.25, 0.3) is 0 Å². The van der Waals surface area contributed by atoms with Crippen LogP contribution in [0, 0.1) is 5.82 Å². The van der Waals surface area contributed by atoms with Gasteiger partial charge in [-0.25, -0.2) is 4.39 Å². The first-order chi connectivity index (χ1) is 14.3. The minimum absolute atomic E-state index is 0.347. The van der Waals surface area contributed by atoms with Gasteiger partial charge in [0.15, 0.2) is 0 Å². The van der Waals surface area contributed by atoms with Crippen molar-refractivity contribution in [3.63, 3.8) is 0 Å². The highest BCUT2D eigenvalue weighted by atomic mass is 19.1. The Hall–Kier alpha value is -3.28. The van der Waals surface area contributed by atoms with Gasteiger partial charge in [-0.2, -0.15) is 0 Å². The first-order valence-corrected chi connectivity index (χ1v) is 9.74. The van der Waals surface area contributed by atoms with Crippen molar-refractivity contribution in [3.05, 3.63) is 66.1 Å². The molecule has 0 saturated heterocycles. The lowest BCUT2D eigenvalue weighted by Gasteiger charge is -2.26. The van der Waals surface area contributed by atoms with E-state index in [0.717, 1.165) is 34.5 Å². The van der Waals surface area contributed by atoms with Crippen LogP contribution in [0.15, 0.2) is 54.8 Å². The molecular formula is C24H30FN3O2. The summed E-state index contributed by atoms with van der Waals surface area (Å²) in [5.74, 6) is 0.226. The number of aldehydes is 1. The monoisotopic (exact) mass is 411 g/mol. The van der Waals surface area contributed by atoms with Gasteiger partial charge < -0.3 is 25.5 Å². The highest BCUT2D eigenvalue weighted by molar-refractivity contribution is 5.86. The van der Waals surface area contributed by atoms with E-state index in [1.807, 2.05) is 32.2 Å². The molecule has 0 aliphatic heterocycles. The molecule has 0 heterocycles. The second-order valence-corrected chi connectivity index (χ2v) is 7.38. The van der Waals surface area contributed by atoms with Crippen molar-refractivity contribution in [1.29, 1.82) is 0 Å². The van der Waals surface area contributed by atoms with Crippen molar-refractivity contribution in [2.24, 2.45) is 0 Å². The standard InChI is InChI=1S/C24H30FN3O2/c1-7-17(8-2)27-14-20-18(19-13-16(25)9-12-22(19)30-6)10-11-21(23(20)26-5)28-24(3,4)15-29/h7-13,15,26-28H,1,14H2,2-6H3/b17-8+. The molecule has 2 aromatic carbocycles. The third-order valence-corrected chi connectivity index (χ3v) is 4.77. The Balaban J connectivity index is 2.71. The molecule has 0 aromatic heterocycles. The summed E-state index contributed by atoms with van der Waals surface area (Å²) < 4.78 is 19.6. The van der Waals surface area contributed by atoms with Crippen LogP contribution in [0.25, 0.3) is 11.1 Å². The normalized spacial score (nSPS) is 11.6. The zero-order valence-corrected chi connectivity index (χ0v) is 18.2. The quantitative estimate of drug-likeness (QED) is 0.375. The van der Waals surface area contributed by atoms with E-state index >= 15 is 0 Å². The molecule has 0 radical (unpaired) electrons.